The molecule has 0 aromatic heterocycles. The Morgan fingerprint density at radius 1 is 1.53 bits per heavy atom. The fraction of sp³-hybridized carbons (Fsp3) is 0.462. The van der Waals surface area contributed by atoms with Gasteiger partial charge in [-0.05, 0) is 49.4 Å². The SMILES string of the molecule is Cc1cc(N)ccc1SCC(=O)NCC1CC1. The molecule has 0 radical (unpaired) electrons. The van der Waals surface area contributed by atoms with Crippen molar-refractivity contribution in [3.05, 3.63) is 23.8 Å². The molecule has 0 aliphatic heterocycles. The normalized spacial score (nSPS) is 14.6. The van der Waals surface area contributed by atoms with E-state index in [1.165, 1.54) is 12.8 Å². The van der Waals surface area contributed by atoms with Gasteiger partial charge in [0.05, 0.1) is 5.75 Å². The molecule has 3 nitrogen and oxygen atoms in total. The monoisotopic (exact) mass is 250 g/mol. The molecule has 1 saturated carbocycles. The number of aryl methyl sites for hydroxylation is 1. The Kier molecular flexibility index (Phi) is 3.94. The Bertz CT molecular complexity index is 416. The van der Waals surface area contributed by atoms with Crippen LogP contribution >= 0.6 is 11.8 Å². The molecule has 17 heavy (non-hydrogen) atoms. The summed E-state index contributed by atoms with van der Waals surface area (Å²) < 4.78 is 0. The summed E-state index contributed by atoms with van der Waals surface area (Å²) in [5.74, 6) is 1.35. The highest BCUT2D eigenvalue weighted by Gasteiger charge is 2.21. The van der Waals surface area contributed by atoms with Crippen molar-refractivity contribution in [2.45, 2.75) is 24.7 Å². The van der Waals surface area contributed by atoms with Crippen LogP contribution in [0.4, 0.5) is 5.69 Å². The molecule has 0 heterocycles. The average Bonchev–Trinajstić information content (AvgIpc) is 3.09. The number of nitrogens with two attached hydrogens (primary N) is 1. The number of rotatable bonds is 5. The van der Waals surface area contributed by atoms with Gasteiger partial charge < -0.3 is 11.1 Å². The van der Waals surface area contributed by atoms with Gasteiger partial charge in [0.1, 0.15) is 0 Å². The molecule has 0 spiro atoms. The zero-order valence-electron chi connectivity index (χ0n) is 10.0. The standard InChI is InChI=1S/C13H18N2OS/c1-9-6-11(14)4-5-12(9)17-8-13(16)15-7-10-2-3-10/h4-6,10H,2-3,7-8,14H2,1H3,(H,15,16). The van der Waals surface area contributed by atoms with Crippen molar-refractivity contribution in [3.8, 4) is 0 Å². The van der Waals surface area contributed by atoms with E-state index in [0.717, 1.165) is 28.6 Å². The predicted molar refractivity (Wildman–Crippen MR) is 72.0 cm³/mol. The van der Waals surface area contributed by atoms with Crippen molar-refractivity contribution in [1.82, 2.24) is 5.32 Å². The van der Waals surface area contributed by atoms with Gasteiger partial charge in [-0.3, -0.25) is 4.79 Å². The number of hydrogen-bond donors (Lipinski definition) is 2. The minimum absolute atomic E-state index is 0.123. The molecule has 0 unspecified atom stereocenters. The van der Waals surface area contributed by atoms with Gasteiger partial charge in [0.15, 0.2) is 0 Å². The van der Waals surface area contributed by atoms with E-state index in [9.17, 15) is 4.79 Å². The molecule has 2 rings (SSSR count). The van der Waals surface area contributed by atoms with E-state index in [0.29, 0.717) is 5.75 Å². The lowest BCUT2D eigenvalue weighted by atomic mass is 10.2. The molecule has 4 heteroatoms. The van der Waals surface area contributed by atoms with Crippen LogP contribution in [0.2, 0.25) is 0 Å². The topological polar surface area (TPSA) is 55.1 Å². The zero-order chi connectivity index (χ0) is 12.3. The highest BCUT2D eigenvalue weighted by atomic mass is 32.2. The van der Waals surface area contributed by atoms with Crippen molar-refractivity contribution in [1.29, 1.82) is 0 Å². The summed E-state index contributed by atoms with van der Waals surface area (Å²) in [5, 5.41) is 2.96. The van der Waals surface area contributed by atoms with Crippen LogP contribution in [-0.2, 0) is 4.79 Å². The first-order chi connectivity index (χ1) is 8.15. The minimum atomic E-state index is 0.123. The van der Waals surface area contributed by atoms with E-state index in [4.69, 9.17) is 5.73 Å². The van der Waals surface area contributed by atoms with E-state index < -0.39 is 0 Å². The first-order valence-corrected chi connectivity index (χ1v) is 6.89. The van der Waals surface area contributed by atoms with Gasteiger partial charge in [0.2, 0.25) is 5.91 Å². The van der Waals surface area contributed by atoms with E-state index in [1.54, 1.807) is 11.8 Å². The number of anilines is 1. The van der Waals surface area contributed by atoms with Gasteiger partial charge in [0.25, 0.3) is 0 Å². The Labute approximate surface area is 106 Å². The highest BCUT2D eigenvalue weighted by Crippen LogP contribution is 2.28. The van der Waals surface area contributed by atoms with E-state index in [1.807, 2.05) is 25.1 Å². The molecule has 0 atom stereocenters. The van der Waals surface area contributed by atoms with Gasteiger partial charge in [-0.1, -0.05) is 0 Å². The third-order valence-electron chi connectivity index (χ3n) is 2.84. The Morgan fingerprint density at radius 3 is 2.94 bits per heavy atom. The maximum atomic E-state index is 11.6. The fourth-order valence-corrected chi connectivity index (χ4v) is 2.45. The lowest BCUT2D eigenvalue weighted by Crippen LogP contribution is -2.27. The van der Waals surface area contributed by atoms with Crippen LogP contribution in [0.3, 0.4) is 0 Å². The fourth-order valence-electron chi connectivity index (χ4n) is 1.61. The Hall–Kier alpha value is -1.16. The highest BCUT2D eigenvalue weighted by molar-refractivity contribution is 8.00. The van der Waals surface area contributed by atoms with Crippen molar-refractivity contribution < 1.29 is 4.79 Å². The third kappa shape index (κ3) is 3.97. The van der Waals surface area contributed by atoms with E-state index >= 15 is 0 Å². The molecule has 92 valence electrons. The van der Waals surface area contributed by atoms with Crippen LogP contribution in [-0.4, -0.2) is 18.2 Å². The molecule has 1 aliphatic rings. The summed E-state index contributed by atoms with van der Waals surface area (Å²) in [6.45, 7) is 2.86. The van der Waals surface area contributed by atoms with Gasteiger partial charge in [-0.2, -0.15) is 0 Å². The van der Waals surface area contributed by atoms with Gasteiger partial charge in [0, 0.05) is 17.1 Å². The van der Waals surface area contributed by atoms with E-state index in [2.05, 4.69) is 5.32 Å². The maximum Gasteiger partial charge on any atom is 0.230 e. The largest absolute Gasteiger partial charge is 0.399 e. The first-order valence-electron chi connectivity index (χ1n) is 5.91. The van der Waals surface area contributed by atoms with E-state index in [-0.39, 0.29) is 5.91 Å². The summed E-state index contributed by atoms with van der Waals surface area (Å²) in [4.78, 5) is 12.7. The number of amides is 1. The number of benzene rings is 1. The number of nitrogens with one attached hydrogen (secondary N) is 1. The van der Waals surface area contributed by atoms with Crippen molar-refractivity contribution in [2.24, 2.45) is 5.92 Å². The van der Waals surface area contributed by atoms with Gasteiger partial charge >= 0.3 is 0 Å². The van der Waals surface area contributed by atoms with Crippen LogP contribution in [0.25, 0.3) is 0 Å². The molecule has 1 amide bonds. The maximum absolute atomic E-state index is 11.6. The molecule has 3 N–H and O–H groups in total. The molecule has 1 aromatic carbocycles. The van der Waals surface area contributed by atoms with Gasteiger partial charge in [-0.15, -0.1) is 11.8 Å². The number of carbonyl (C=O) groups excluding carboxylic acids is 1. The smallest absolute Gasteiger partial charge is 0.230 e. The second-order valence-corrected chi connectivity index (χ2v) is 5.58. The molecule has 1 fully saturated rings. The van der Waals surface area contributed by atoms with Crippen molar-refractivity contribution >= 4 is 23.4 Å². The summed E-state index contributed by atoms with van der Waals surface area (Å²) in [6.07, 6.45) is 2.54. The molecule has 1 aliphatic carbocycles. The summed E-state index contributed by atoms with van der Waals surface area (Å²) in [7, 11) is 0. The van der Waals surface area contributed by atoms with Crippen LogP contribution < -0.4 is 11.1 Å². The van der Waals surface area contributed by atoms with Crippen molar-refractivity contribution in [3.63, 3.8) is 0 Å². The van der Waals surface area contributed by atoms with Crippen LogP contribution in [0.5, 0.6) is 0 Å². The van der Waals surface area contributed by atoms with Crippen LogP contribution in [0.15, 0.2) is 23.1 Å². The molecular formula is C13H18N2OS. The zero-order valence-corrected chi connectivity index (χ0v) is 10.8. The average molecular weight is 250 g/mol. The lowest BCUT2D eigenvalue weighted by Gasteiger charge is -2.07. The second kappa shape index (κ2) is 5.45. The van der Waals surface area contributed by atoms with Gasteiger partial charge in [-0.25, -0.2) is 0 Å². The number of thioether (sulfide) groups is 1. The second-order valence-electron chi connectivity index (χ2n) is 4.56. The number of hydrogen-bond acceptors (Lipinski definition) is 3. The Morgan fingerprint density at radius 2 is 2.29 bits per heavy atom. The molecule has 0 bridgehead atoms. The number of carbonyl (C=O) groups is 1. The summed E-state index contributed by atoms with van der Waals surface area (Å²) >= 11 is 1.57. The predicted octanol–water partition coefficient (Wildman–Crippen LogP) is 2.20. The molecule has 0 saturated heterocycles. The molecule has 1 aromatic rings. The van der Waals surface area contributed by atoms with Crippen LogP contribution in [0.1, 0.15) is 18.4 Å². The summed E-state index contributed by atoms with van der Waals surface area (Å²) in [6, 6.07) is 5.78. The Balaban J connectivity index is 1.77. The third-order valence-corrected chi connectivity index (χ3v) is 4.02. The summed E-state index contributed by atoms with van der Waals surface area (Å²) in [5.41, 5.74) is 7.58. The minimum Gasteiger partial charge on any atom is -0.399 e. The van der Waals surface area contributed by atoms with Crippen molar-refractivity contribution in [2.75, 3.05) is 18.0 Å². The quantitative estimate of drug-likeness (QED) is 0.622. The van der Waals surface area contributed by atoms with Crippen LogP contribution in [0, 0.1) is 12.8 Å². The molecular weight excluding hydrogens is 232 g/mol. The first kappa shape index (κ1) is 12.3. The lowest BCUT2D eigenvalue weighted by molar-refractivity contribution is -0.118. The number of nitrogen functional groups attached to an aromatic ring is 1.